The second-order valence-corrected chi connectivity index (χ2v) is 6.55. The Bertz CT molecular complexity index is 894. The molecule has 0 radical (unpaired) electrons. The maximum Gasteiger partial charge on any atom is 0.433 e. The molecule has 30 heavy (non-hydrogen) atoms. The standard InChI is InChI=1S/C19H21F3N4O4/c1-28-14-6-5-12(10-15(14)29-2)24-18(27)26-9-3-4-13(11-26)30-17-23-8-7-16(25-17)19(20,21)22/h5-8,10,13H,3-4,9,11H2,1-2H3,(H,24,27). The molecule has 1 fully saturated rings. The van der Waals surface area contributed by atoms with Crippen LogP contribution in [0.3, 0.4) is 0 Å². The van der Waals surface area contributed by atoms with Crippen LogP contribution in [0.2, 0.25) is 0 Å². The van der Waals surface area contributed by atoms with Gasteiger partial charge < -0.3 is 24.4 Å². The molecule has 0 aliphatic carbocycles. The molecule has 1 aliphatic rings. The van der Waals surface area contributed by atoms with Crippen LogP contribution in [0.15, 0.2) is 30.5 Å². The molecule has 11 heteroatoms. The maximum absolute atomic E-state index is 12.8. The largest absolute Gasteiger partial charge is 0.493 e. The summed E-state index contributed by atoms with van der Waals surface area (Å²) in [5.74, 6) is 1.000. The summed E-state index contributed by atoms with van der Waals surface area (Å²) in [6.07, 6.45) is -2.91. The Kier molecular flexibility index (Phi) is 6.48. The third kappa shape index (κ3) is 5.22. The fourth-order valence-electron chi connectivity index (χ4n) is 3.04. The average molecular weight is 426 g/mol. The van der Waals surface area contributed by atoms with Crippen molar-refractivity contribution in [3.63, 3.8) is 0 Å². The van der Waals surface area contributed by atoms with Crippen molar-refractivity contribution in [2.45, 2.75) is 25.1 Å². The molecule has 0 spiro atoms. The van der Waals surface area contributed by atoms with Gasteiger partial charge in [0.1, 0.15) is 6.10 Å². The Morgan fingerprint density at radius 3 is 2.67 bits per heavy atom. The van der Waals surface area contributed by atoms with Gasteiger partial charge in [-0.3, -0.25) is 0 Å². The van der Waals surface area contributed by atoms with Gasteiger partial charge in [-0.25, -0.2) is 9.78 Å². The van der Waals surface area contributed by atoms with Crippen LogP contribution in [-0.2, 0) is 6.18 Å². The molecule has 1 unspecified atom stereocenters. The minimum absolute atomic E-state index is 0.193. The minimum atomic E-state index is -4.58. The van der Waals surface area contributed by atoms with Crippen LogP contribution in [0, 0.1) is 0 Å². The highest BCUT2D eigenvalue weighted by Gasteiger charge is 2.33. The average Bonchev–Trinajstić information content (AvgIpc) is 2.73. The lowest BCUT2D eigenvalue weighted by Crippen LogP contribution is -2.46. The maximum atomic E-state index is 12.8. The van der Waals surface area contributed by atoms with E-state index in [9.17, 15) is 18.0 Å². The summed E-state index contributed by atoms with van der Waals surface area (Å²) in [5, 5.41) is 2.77. The Balaban J connectivity index is 1.62. The van der Waals surface area contributed by atoms with E-state index in [1.165, 1.54) is 19.1 Å². The minimum Gasteiger partial charge on any atom is -0.493 e. The number of anilines is 1. The molecule has 8 nitrogen and oxygen atoms in total. The van der Waals surface area contributed by atoms with Crippen LogP contribution in [0.25, 0.3) is 0 Å². The molecule has 1 aliphatic heterocycles. The van der Waals surface area contributed by atoms with Gasteiger partial charge in [0.25, 0.3) is 0 Å². The summed E-state index contributed by atoms with van der Waals surface area (Å²) in [4.78, 5) is 21.3. The Morgan fingerprint density at radius 1 is 1.20 bits per heavy atom. The summed E-state index contributed by atoms with van der Waals surface area (Å²) >= 11 is 0. The number of methoxy groups -OCH3 is 2. The number of halogens is 3. The van der Waals surface area contributed by atoms with Crippen molar-refractivity contribution in [1.29, 1.82) is 0 Å². The van der Waals surface area contributed by atoms with Crippen molar-refractivity contribution in [3.8, 4) is 17.5 Å². The Labute approximate surface area is 171 Å². The van der Waals surface area contributed by atoms with Gasteiger partial charge >= 0.3 is 18.2 Å². The number of alkyl halides is 3. The molecule has 1 atom stereocenters. The lowest BCUT2D eigenvalue weighted by atomic mass is 10.1. The predicted molar refractivity (Wildman–Crippen MR) is 101 cm³/mol. The highest BCUT2D eigenvalue weighted by molar-refractivity contribution is 5.89. The number of carbonyl (C=O) groups is 1. The first-order valence-corrected chi connectivity index (χ1v) is 9.15. The van der Waals surface area contributed by atoms with Gasteiger partial charge in [-0.15, -0.1) is 0 Å². The van der Waals surface area contributed by atoms with Crippen molar-refractivity contribution in [2.75, 3.05) is 32.6 Å². The molecule has 162 valence electrons. The molecular weight excluding hydrogens is 405 g/mol. The third-order valence-corrected chi connectivity index (χ3v) is 4.50. The Morgan fingerprint density at radius 2 is 1.97 bits per heavy atom. The van der Waals surface area contributed by atoms with Crippen LogP contribution in [0.4, 0.5) is 23.7 Å². The fourth-order valence-corrected chi connectivity index (χ4v) is 3.04. The summed E-state index contributed by atoms with van der Waals surface area (Å²) in [7, 11) is 3.00. The smallest absolute Gasteiger partial charge is 0.433 e. The number of carbonyl (C=O) groups excluding carboxylic acids is 1. The summed E-state index contributed by atoms with van der Waals surface area (Å²) in [6.45, 7) is 0.682. The van der Waals surface area contributed by atoms with Crippen LogP contribution in [-0.4, -0.2) is 54.3 Å². The summed E-state index contributed by atoms with van der Waals surface area (Å²) < 4.78 is 54.3. The monoisotopic (exact) mass is 426 g/mol. The van der Waals surface area contributed by atoms with Gasteiger partial charge in [0, 0.05) is 24.5 Å². The van der Waals surface area contributed by atoms with Gasteiger partial charge in [0.15, 0.2) is 17.2 Å². The molecule has 1 aromatic carbocycles. The molecule has 2 aromatic rings. The zero-order valence-electron chi connectivity index (χ0n) is 16.4. The quantitative estimate of drug-likeness (QED) is 0.787. The second-order valence-electron chi connectivity index (χ2n) is 6.55. The number of likely N-dealkylation sites (tertiary alicyclic amines) is 1. The van der Waals surface area contributed by atoms with Gasteiger partial charge in [-0.1, -0.05) is 0 Å². The van der Waals surface area contributed by atoms with Crippen LogP contribution >= 0.6 is 0 Å². The number of ether oxygens (including phenoxy) is 3. The number of aromatic nitrogens is 2. The Hall–Kier alpha value is -3.24. The molecular formula is C19H21F3N4O4. The van der Waals surface area contributed by atoms with E-state index in [1.807, 2.05) is 0 Å². The zero-order chi connectivity index (χ0) is 21.7. The van der Waals surface area contributed by atoms with Crippen molar-refractivity contribution >= 4 is 11.7 Å². The second kappa shape index (κ2) is 9.06. The van der Waals surface area contributed by atoms with E-state index in [2.05, 4.69) is 15.3 Å². The predicted octanol–water partition coefficient (Wildman–Crippen LogP) is 3.59. The van der Waals surface area contributed by atoms with Crippen LogP contribution < -0.4 is 19.5 Å². The zero-order valence-corrected chi connectivity index (χ0v) is 16.4. The first-order chi connectivity index (χ1) is 14.3. The first-order valence-electron chi connectivity index (χ1n) is 9.15. The normalized spacial score (nSPS) is 16.7. The van der Waals surface area contributed by atoms with Gasteiger partial charge in [-0.2, -0.15) is 18.2 Å². The van der Waals surface area contributed by atoms with Gasteiger partial charge in [0.05, 0.1) is 20.8 Å². The number of urea groups is 1. The lowest BCUT2D eigenvalue weighted by molar-refractivity contribution is -0.141. The number of hydrogen-bond donors (Lipinski definition) is 1. The molecule has 1 N–H and O–H groups in total. The molecule has 3 rings (SSSR count). The molecule has 1 aromatic heterocycles. The number of nitrogens with zero attached hydrogens (tertiary/aromatic N) is 3. The highest BCUT2D eigenvalue weighted by Crippen LogP contribution is 2.30. The third-order valence-electron chi connectivity index (χ3n) is 4.50. The summed E-state index contributed by atoms with van der Waals surface area (Å²) in [6, 6.07) is 5.02. The number of amides is 2. The van der Waals surface area contributed by atoms with Crippen molar-refractivity contribution in [3.05, 3.63) is 36.2 Å². The van der Waals surface area contributed by atoms with E-state index in [1.54, 1.807) is 18.2 Å². The SMILES string of the molecule is COc1ccc(NC(=O)N2CCCC(Oc3nccc(C(F)(F)F)n3)C2)cc1OC. The summed E-state index contributed by atoms with van der Waals surface area (Å²) in [5.41, 5.74) is -0.562. The highest BCUT2D eigenvalue weighted by atomic mass is 19.4. The van der Waals surface area contributed by atoms with Gasteiger partial charge in [-0.05, 0) is 31.0 Å². The van der Waals surface area contributed by atoms with Gasteiger partial charge in [0.2, 0.25) is 0 Å². The number of piperidine rings is 1. The van der Waals surface area contributed by atoms with Crippen molar-refractivity contribution < 1.29 is 32.2 Å². The van der Waals surface area contributed by atoms with Crippen LogP contribution in [0.1, 0.15) is 18.5 Å². The van der Waals surface area contributed by atoms with Crippen molar-refractivity contribution in [1.82, 2.24) is 14.9 Å². The number of benzene rings is 1. The molecule has 0 bridgehead atoms. The topological polar surface area (TPSA) is 85.8 Å². The van der Waals surface area contributed by atoms with Crippen molar-refractivity contribution in [2.24, 2.45) is 0 Å². The molecule has 2 amide bonds. The van der Waals surface area contributed by atoms with E-state index in [-0.39, 0.29) is 18.6 Å². The van der Waals surface area contributed by atoms with Crippen LogP contribution in [0.5, 0.6) is 17.5 Å². The number of nitrogens with one attached hydrogen (secondary N) is 1. The van der Waals surface area contributed by atoms with E-state index in [0.717, 1.165) is 12.3 Å². The molecule has 0 saturated carbocycles. The fraction of sp³-hybridized carbons (Fsp3) is 0.421. The number of hydrogen-bond acceptors (Lipinski definition) is 6. The lowest BCUT2D eigenvalue weighted by Gasteiger charge is -2.32. The van der Waals surface area contributed by atoms with E-state index >= 15 is 0 Å². The first kappa shape index (κ1) is 21.5. The molecule has 1 saturated heterocycles. The van der Waals surface area contributed by atoms with E-state index in [4.69, 9.17) is 14.2 Å². The van der Waals surface area contributed by atoms with E-state index in [0.29, 0.717) is 36.6 Å². The molecule has 2 heterocycles. The van der Waals surface area contributed by atoms with E-state index < -0.39 is 18.0 Å². The number of rotatable bonds is 5.